The van der Waals surface area contributed by atoms with Crippen LogP contribution in [-0.2, 0) is 14.3 Å². The smallest absolute Gasteiger partial charge is 0.408 e. The van der Waals surface area contributed by atoms with Gasteiger partial charge in [0.05, 0.1) is 11.6 Å². The summed E-state index contributed by atoms with van der Waals surface area (Å²) < 4.78 is 11.7. The third-order valence-corrected chi connectivity index (χ3v) is 9.33. The van der Waals surface area contributed by atoms with Gasteiger partial charge in [-0.3, -0.25) is 4.79 Å². The maximum Gasteiger partial charge on any atom is 0.408 e. The van der Waals surface area contributed by atoms with E-state index in [4.69, 9.17) is 15.2 Å². The van der Waals surface area contributed by atoms with Crippen molar-refractivity contribution in [2.75, 3.05) is 7.11 Å². The maximum absolute atomic E-state index is 14.3. The Kier molecular flexibility index (Phi) is 5.18. The summed E-state index contributed by atoms with van der Waals surface area (Å²) in [6, 6.07) is -1.06. The van der Waals surface area contributed by atoms with Crippen LogP contribution < -0.4 is 11.1 Å². The van der Waals surface area contributed by atoms with Crippen LogP contribution in [0.25, 0.3) is 0 Å². The average Bonchev–Trinajstić information content (AvgIpc) is 3.24. The number of carbonyl (C=O) groups excluding carboxylic acids is 2. The number of amides is 2. The quantitative estimate of drug-likeness (QED) is 0.540. The van der Waals surface area contributed by atoms with Crippen LogP contribution in [0.15, 0.2) is 0 Å². The Labute approximate surface area is 196 Å². The lowest BCUT2D eigenvalue weighted by Gasteiger charge is -2.63. The van der Waals surface area contributed by atoms with Gasteiger partial charge in [0.15, 0.2) is 0 Å². The molecule has 1 saturated heterocycles. The molecular formula is C25H41N3O5. The zero-order valence-corrected chi connectivity index (χ0v) is 20.7. The molecule has 1 aliphatic heterocycles. The lowest BCUT2D eigenvalue weighted by atomic mass is 9.46. The Hall–Kier alpha value is -1.38. The fraction of sp³-hybridized carbons (Fsp3) is 0.920. The number of nitrogens with one attached hydrogen (secondary N) is 1. The standard InChI is InChI=1S/C25H41N3O5/c1-22(2,3)33-21(31)27-18(20(30)28-16(19(26)29)11-23(4)12-17(23)28)24-7-14-6-15(8-24)10-25(9-14,13-24)32-5/h14-19,29H,6-13,26H2,1-5H3,(H,27,31). The number of fused-ring (bicyclic) bond motifs is 1. The molecule has 7 atom stereocenters. The first-order valence-corrected chi connectivity index (χ1v) is 12.6. The van der Waals surface area contributed by atoms with Crippen molar-refractivity contribution >= 4 is 12.0 Å². The van der Waals surface area contributed by atoms with E-state index in [1.165, 1.54) is 6.42 Å². The minimum absolute atomic E-state index is 0.00632. The van der Waals surface area contributed by atoms with Crippen molar-refractivity contribution in [3.8, 4) is 0 Å². The highest BCUT2D eigenvalue weighted by molar-refractivity contribution is 5.88. The Morgan fingerprint density at radius 1 is 1.12 bits per heavy atom. The molecule has 6 aliphatic rings. The van der Waals surface area contributed by atoms with E-state index in [-0.39, 0.29) is 28.4 Å². The van der Waals surface area contributed by atoms with E-state index in [2.05, 4.69) is 12.2 Å². The van der Waals surface area contributed by atoms with E-state index >= 15 is 0 Å². The van der Waals surface area contributed by atoms with Crippen LogP contribution in [-0.4, -0.2) is 64.7 Å². The van der Waals surface area contributed by atoms with Gasteiger partial charge in [-0.2, -0.15) is 0 Å². The molecule has 186 valence electrons. The lowest BCUT2D eigenvalue weighted by molar-refractivity contribution is -0.192. The summed E-state index contributed by atoms with van der Waals surface area (Å²) in [5, 5.41) is 13.3. The highest BCUT2D eigenvalue weighted by Gasteiger charge is 2.67. The molecule has 6 fully saturated rings. The molecule has 0 aromatic heterocycles. The average molecular weight is 464 g/mol. The van der Waals surface area contributed by atoms with E-state index in [1.54, 1.807) is 7.11 Å². The van der Waals surface area contributed by atoms with Crippen LogP contribution in [0.2, 0.25) is 0 Å². The van der Waals surface area contributed by atoms with Crippen molar-refractivity contribution in [1.29, 1.82) is 0 Å². The fourth-order valence-electron chi connectivity index (χ4n) is 8.32. The second-order valence-corrected chi connectivity index (χ2v) is 13.2. The number of aliphatic hydroxyl groups excluding tert-OH is 1. The zero-order valence-electron chi connectivity index (χ0n) is 20.7. The minimum atomic E-state index is -1.09. The summed E-state index contributed by atoms with van der Waals surface area (Å²) >= 11 is 0. The van der Waals surface area contributed by atoms with E-state index in [0.717, 1.165) is 38.5 Å². The Morgan fingerprint density at radius 2 is 1.76 bits per heavy atom. The first-order chi connectivity index (χ1) is 15.3. The van der Waals surface area contributed by atoms with E-state index < -0.39 is 30.0 Å². The maximum atomic E-state index is 14.3. The number of nitrogens with two attached hydrogens (primary N) is 1. The number of piperidine rings is 1. The lowest BCUT2D eigenvalue weighted by Crippen LogP contribution is -2.67. The third kappa shape index (κ3) is 3.86. The molecule has 4 N–H and O–H groups in total. The van der Waals surface area contributed by atoms with Gasteiger partial charge in [-0.05, 0) is 89.4 Å². The minimum Gasteiger partial charge on any atom is -0.444 e. The summed E-state index contributed by atoms with van der Waals surface area (Å²) in [6.45, 7) is 7.63. The summed E-state index contributed by atoms with van der Waals surface area (Å²) in [6.07, 6.45) is 5.78. The summed E-state index contributed by atoms with van der Waals surface area (Å²) in [4.78, 5) is 29.1. The third-order valence-electron chi connectivity index (χ3n) is 9.33. The predicted molar refractivity (Wildman–Crippen MR) is 122 cm³/mol. The van der Waals surface area contributed by atoms with E-state index in [9.17, 15) is 14.7 Å². The monoisotopic (exact) mass is 463 g/mol. The molecule has 1 heterocycles. The molecule has 8 heteroatoms. The molecule has 0 aromatic carbocycles. The van der Waals surface area contributed by atoms with Gasteiger partial charge in [0.25, 0.3) is 0 Å². The number of hydrogen-bond donors (Lipinski definition) is 3. The highest BCUT2D eigenvalue weighted by Crippen LogP contribution is 2.65. The molecule has 7 unspecified atom stereocenters. The van der Waals surface area contributed by atoms with Crippen molar-refractivity contribution in [3.05, 3.63) is 0 Å². The number of aliphatic hydroxyl groups is 1. The van der Waals surface area contributed by atoms with Crippen LogP contribution >= 0.6 is 0 Å². The molecule has 5 aliphatic carbocycles. The number of likely N-dealkylation sites (tertiary alicyclic amines) is 1. The van der Waals surface area contributed by atoms with Gasteiger partial charge in [-0.15, -0.1) is 0 Å². The number of alkyl carbamates (subject to hydrolysis) is 1. The molecular weight excluding hydrogens is 422 g/mol. The van der Waals surface area contributed by atoms with E-state index in [0.29, 0.717) is 18.3 Å². The Balaban J connectivity index is 1.49. The number of hydrogen-bond acceptors (Lipinski definition) is 6. The molecule has 6 rings (SSSR count). The van der Waals surface area contributed by atoms with Crippen molar-refractivity contribution in [2.45, 2.75) is 115 Å². The van der Waals surface area contributed by atoms with Gasteiger partial charge in [-0.25, -0.2) is 4.79 Å². The van der Waals surface area contributed by atoms with Crippen LogP contribution in [0.4, 0.5) is 4.79 Å². The second-order valence-electron chi connectivity index (χ2n) is 13.2. The van der Waals surface area contributed by atoms with Crippen molar-refractivity contribution in [1.82, 2.24) is 10.2 Å². The number of methoxy groups -OCH3 is 1. The van der Waals surface area contributed by atoms with Gasteiger partial charge in [0.2, 0.25) is 5.91 Å². The second kappa shape index (κ2) is 7.31. The number of carbonyl (C=O) groups is 2. The van der Waals surface area contributed by atoms with Crippen LogP contribution in [0, 0.1) is 22.7 Å². The zero-order chi connectivity index (χ0) is 24.0. The molecule has 33 heavy (non-hydrogen) atoms. The number of nitrogens with zero attached hydrogens (tertiary/aromatic N) is 1. The largest absolute Gasteiger partial charge is 0.444 e. The summed E-state index contributed by atoms with van der Waals surface area (Å²) in [5.41, 5.74) is 4.69. The first-order valence-electron chi connectivity index (χ1n) is 12.6. The SMILES string of the molecule is COC12CC3CC(C1)CC(C(NC(=O)OC(C)(C)C)C(=O)N1C(C(N)O)CC4(C)CC14)(C3)C2. The van der Waals surface area contributed by atoms with Gasteiger partial charge < -0.3 is 30.5 Å². The van der Waals surface area contributed by atoms with Gasteiger partial charge >= 0.3 is 6.09 Å². The van der Waals surface area contributed by atoms with Crippen LogP contribution in [0.5, 0.6) is 0 Å². The number of rotatable bonds is 5. The Bertz CT molecular complexity index is 824. The molecule has 0 spiro atoms. The van der Waals surface area contributed by atoms with Crippen molar-refractivity contribution < 1.29 is 24.2 Å². The predicted octanol–water partition coefficient (Wildman–Crippen LogP) is 2.52. The highest BCUT2D eigenvalue weighted by atomic mass is 16.6. The molecule has 0 aromatic rings. The van der Waals surface area contributed by atoms with Crippen molar-refractivity contribution in [2.24, 2.45) is 28.4 Å². The van der Waals surface area contributed by atoms with Gasteiger partial charge in [-0.1, -0.05) is 6.92 Å². The molecule has 5 saturated carbocycles. The van der Waals surface area contributed by atoms with Crippen LogP contribution in [0.3, 0.4) is 0 Å². The molecule has 2 amide bonds. The fourth-order valence-corrected chi connectivity index (χ4v) is 8.32. The topological polar surface area (TPSA) is 114 Å². The first kappa shape index (κ1) is 23.4. The summed E-state index contributed by atoms with van der Waals surface area (Å²) in [5.74, 6) is 0.889. The van der Waals surface area contributed by atoms with Crippen molar-refractivity contribution in [3.63, 3.8) is 0 Å². The van der Waals surface area contributed by atoms with Gasteiger partial charge in [0.1, 0.15) is 17.9 Å². The molecule has 8 nitrogen and oxygen atoms in total. The summed E-state index contributed by atoms with van der Waals surface area (Å²) in [7, 11) is 1.79. The normalized spacial score (nSPS) is 44.9. The Morgan fingerprint density at radius 3 is 2.30 bits per heavy atom. The number of ether oxygens (including phenoxy) is 2. The van der Waals surface area contributed by atoms with Crippen LogP contribution in [0.1, 0.15) is 79.1 Å². The molecule has 4 bridgehead atoms. The molecule has 0 radical (unpaired) electrons. The van der Waals surface area contributed by atoms with E-state index in [1.807, 2.05) is 25.7 Å². The van der Waals surface area contributed by atoms with Gasteiger partial charge in [0, 0.05) is 18.6 Å².